The number of nitrogens with two attached hydrogens (primary N) is 1. The van der Waals surface area contributed by atoms with Crippen molar-refractivity contribution < 1.29 is 22.7 Å². The summed E-state index contributed by atoms with van der Waals surface area (Å²) in [6.07, 6.45) is 2.89. The fourth-order valence-electron chi connectivity index (χ4n) is 1.96. The molecule has 0 radical (unpaired) electrons. The largest absolute Gasteiger partial charge is 0.383 e. The third kappa shape index (κ3) is 7.72. The van der Waals surface area contributed by atoms with Gasteiger partial charge >= 0.3 is 0 Å². The van der Waals surface area contributed by atoms with Crippen LogP contribution in [0.3, 0.4) is 0 Å². The van der Waals surface area contributed by atoms with Gasteiger partial charge in [0.25, 0.3) is 0 Å². The molecule has 1 aliphatic heterocycles. The third-order valence-corrected chi connectivity index (χ3v) is 4.51. The number of ether oxygens (including phenoxy) is 2. The minimum Gasteiger partial charge on any atom is -0.383 e. The van der Waals surface area contributed by atoms with Crippen LogP contribution >= 0.6 is 0 Å². The Balaban J connectivity index is 2.21. The van der Waals surface area contributed by atoms with Gasteiger partial charge in [-0.1, -0.05) is 0 Å². The van der Waals surface area contributed by atoms with E-state index < -0.39 is 22.0 Å². The highest BCUT2D eigenvalue weighted by molar-refractivity contribution is 7.89. The molecule has 0 aromatic rings. The molecular formula is C12H25N3O5S. The molecule has 1 amide bonds. The summed E-state index contributed by atoms with van der Waals surface area (Å²) in [7, 11) is -1.99. The highest BCUT2D eigenvalue weighted by Gasteiger charge is 2.18. The van der Waals surface area contributed by atoms with E-state index >= 15 is 0 Å². The van der Waals surface area contributed by atoms with Gasteiger partial charge in [0.05, 0.1) is 18.5 Å². The molecule has 0 aromatic heterocycles. The maximum absolute atomic E-state index is 11.8. The smallest absolute Gasteiger partial charge is 0.239 e. The summed E-state index contributed by atoms with van der Waals surface area (Å²) < 4.78 is 36.2. The van der Waals surface area contributed by atoms with Crippen LogP contribution in [-0.2, 0) is 24.3 Å². The first-order valence-corrected chi connectivity index (χ1v) is 8.71. The average molecular weight is 323 g/mol. The zero-order chi connectivity index (χ0) is 15.7. The van der Waals surface area contributed by atoms with E-state index in [9.17, 15) is 13.2 Å². The van der Waals surface area contributed by atoms with Gasteiger partial charge in [-0.2, -0.15) is 0 Å². The van der Waals surface area contributed by atoms with Crippen LogP contribution < -0.4 is 15.8 Å². The molecule has 1 saturated heterocycles. The average Bonchev–Trinajstić information content (AvgIpc) is 2.46. The molecule has 1 heterocycles. The SMILES string of the molecule is COCC(N)C(=O)NCCS(=O)(=O)NCC1CCCCO1. The second-order valence-corrected chi connectivity index (χ2v) is 6.94. The topological polar surface area (TPSA) is 120 Å². The van der Waals surface area contributed by atoms with Gasteiger partial charge < -0.3 is 20.5 Å². The maximum Gasteiger partial charge on any atom is 0.239 e. The molecule has 9 heteroatoms. The molecule has 1 rings (SSSR count). The fraction of sp³-hybridized carbons (Fsp3) is 0.917. The van der Waals surface area contributed by atoms with Crippen LogP contribution in [0.15, 0.2) is 0 Å². The summed E-state index contributed by atoms with van der Waals surface area (Å²) in [6.45, 7) is 1.06. The summed E-state index contributed by atoms with van der Waals surface area (Å²) in [5, 5.41) is 2.47. The number of methoxy groups -OCH3 is 1. The predicted octanol–water partition coefficient (Wildman–Crippen LogP) is -1.44. The van der Waals surface area contributed by atoms with Gasteiger partial charge in [0.1, 0.15) is 6.04 Å². The van der Waals surface area contributed by atoms with Gasteiger partial charge in [0.2, 0.25) is 15.9 Å². The van der Waals surface area contributed by atoms with E-state index in [-0.39, 0.29) is 31.6 Å². The molecule has 8 nitrogen and oxygen atoms in total. The summed E-state index contributed by atoms with van der Waals surface area (Å²) in [6, 6.07) is -0.790. The van der Waals surface area contributed by atoms with Crippen molar-refractivity contribution in [1.29, 1.82) is 0 Å². The number of rotatable bonds is 9. The van der Waals surface area contributed by atoms with Crippen molar-refractivity contribution in [2.24, 2.45) is 5.73 Å². The van der Waals surface area contributed by atoms with Crippen molar-refractivity contribution >= 4 is 15.9 Å². The van der Waals surface area contributed by atoms with Crippen LogP contribution in [0.25, 0.3) is 0 Å². The van der Waals surface area contributed by atoms with Crippen LogP contribution in [0.2, 0.25) is 0 Å². The lowest BCUT2D eigenvalue weighted by atomic mass is 10.1. The van der Waals surface area contributed by atoms with E-state index in [0.717, 1.165) is 19.3 Å². The minimum absolute atomic E-state index is 0.0110. The Kier molecular flexibility index (Phi) is 8.12. The molecule has 2 unspecified atom stereocenters. The maximum atomic E-state index is 11.8. The molecule has 21 heavy (non-hydrogen) atoms. The number of amides is 1. The molecule has 124 valence electrons. The van der Waals surface area contributed by atoms with E-state index in [1.807, 2.05) is 0 Å². The Labute approximate surface area is 125 Å². The van der Waals surface area contributed by atoms with Gasteiger partial charge in [0.15, 0.2) is 0 Å². The number of hydrogen-bond acceptors (Lipinski definition) is 6. The van der Waals surface area contributed by atoms with Crippen LogP contribution in [0.1, 0.15) is 19.3 Å². The van der Waals surface area contributed by atoms with E-state index in [4.69, 9.17) is 15.2 Å². The van der Waals surface area contributed by atoms with Crippen molar-refractivity contribution in [2.75, 3.05) is 39.2 Å². The quantitative estimate of drug-likeness (QED) is 0.478. The lowest BCUT2D eigenvalue weighted by molar-refractivity contribution is -0.123. The van der Waals surface area contributed by atoms with Crippen LogP contribution in [0.5, 0.6) is 0 Å². The molecule has 0 aliphatic carbocycles. The molecule has 1 fully saturated rings. The molecule has 0 spiro atoms. The number of sulfonamides is 1. The van der Waals surface area contributed by atoms with E-state index in [0.29, 0.717) is 6.61 Å². The van der Waals surface area contributed by atoms with Crippen molar-refractivity contribution in [3.63, 3.8) is 0 Å². The zero-order valence-electron chi connectivity index (χ0n) is 12.3. The first kappa shape index (κ1) is 18.3. The van der Waals surface area contributed by atoms with Gasteiger partial charge in [-0.15, -0.1) is 0 Å². The normalized spacial score (nSPS) is 21.0. The number of carbonyl (C=O) groups is 1. The number of nitrogens with one attached hydrogen (secondary N) is 2. The van der Waals surface area contributed by atoms with E-state index in [2.05, 4.69) is 10.0 Å². The van der Waals surface area contributed by atoms with Gasteiger partial charge in [-0.05, 0) is 19.3 Å². The summed E-state index contributed by atoms with van der Waals surface area (Å²) >= 11 is 0. The van der Waals surface area contributed by atoms with Crippen LogP contribution in [-0.4, -0.2) is 65.6 Å². The van der Waals surface area contributed by atoms with E-state index in [1.165, 1.54) is 7.11 Å². The zero-order valence-corrected chi connectivity index (χ0v) is 13.2. The van der Waals surface area contributed by atoms with Gasteiger partial charge in [-0.25, -0.2) is 13.1 Å². The Morgan fingerprint density at radius 1 is 1.48 bits per heavy atom. The molecule has 1 aliphatic rings. The molecular weight excluding hydrogens is 298 g/mol. The van der Waals surface area contributed by atoms with Crippen molar-refractivity contribution in [3.05, 3.63) is 0 Å². The monoisotopic (exact) mass is 323 g/mol. The van der Waals surface area contributed by atoms with Gasteiger partial charge in [0, 0.05) is 26.8 Å². The van der Waals surface area contributed by atoms with Crippen LogP contribution in [0, 0.1) is 0 Å². The van der Waals surface area contributed by atoms with Gasteiger partial charge in [-0.3, -0.25) is 4.79 Å². The lowest BCUT2D eigenvalue weighted by Crippen LogP contribution is -2.45. The highest BCUT2D eigenvalue weighted by Crippen LogP contribution is 2.11. The summed E-state index contributed by atoms with van der Waals surface area (Å²) in [5.74, 6) is -0.617. The highest BCUT2D eigenvalue weighted by atomic mass is 32.2. The predicted molar refractivity (Wildman–Crippen MR) is 78.2 cm³/mol. The Morgan fingerprint density at radius 3 is 2.86 bits per heavy atom. The van der Waals surface area contributed by atoms with E-state index in [1.54, 1.807) is 0 Å². The second-order valence-electron chi connectivity index (χ2n) is 5.01. The van der Waals surface area contributed by atoms with Crippen LogP contribution in [0.4, 0.5) is 0 Å². The first-order chi connectivity index (χ1) is 9.94. The van der Waals surface area contributed by atoms with Crippen molar-refractivity contribution in [2.45, 2.75) is 31.4 Å². The molecule has 0 bridgehead atoms. The fourth-order valence-corrected chi connectivity index (χ4v) is 2.91. The number of carbonyl (C=O) groups excluding carboxylic acids is 1. The van der Waals surface area contributed by atoms with Crippen molar-refractivity contribution in [3.8, 4) is 0 Å². The first-order valence-electron chi connectivity index (χ1n) is 7.06. The Hall–Kier alpha value is -0.740. The lowest BCUT2D eigenvalue weighted by Gasteiger charge is -2.22. The minimum atomic E-state index is -3.43. The summed E-state index contributed by atoms with van der Waals surface area (Å²) in [5.41, 5.74) is 5.52. The standard InChI is InChI=1S/C12H25N3O5S/c1-19-9-11(13)12(16)14-5-7-21(17,18)15-8-10-4-2-3-6-20-10/h10-11,15H,2-9,13H2,1H3,(H,14,16). The Bertz CT molecular complexity index is 409. The number of hydrogen-bond donors (Lipinski definition) is 3. The molecule has 2 atom stereocenters. The molecule has 4 N–H and O–H groups in total. The molecule has 0 saturated carbocycles. The second kappa shape index (κ2) is 9.31. The summed E-state index contributed by atoms with van der Waals surface area (Å²) in [4.78, 5) is 11.5. The third-order valence-electron chi connectivity index (χ3n) is 3.16. The van der Waals surface area contributed by atoms with Crippen molar-refractivity contribution in [1.82, 2.24) is 10.0 Å². The molecule has 0 aromatic carbocycles. The Morgan fingerprint density at radius 2 is 2.24 bits per heavy atom.